The number of nitrogens with zero attached hydrogens (tertiary/aromatic N) is 2. The Morgan fingerprint density at radius 1 is 1.05 bits per heavy atom. The second-order valence-electron chi connectivity index (χ2n) is 5.22. The van der Waals surface area contributed by atoms with Crippen LogP contribution >= 0.6 is 0 Å². The highest BCUT2D eigenvalue weighted by Crippen LogP contribution is 2.10. The molecule has 1 aliphatic rings. The van der Waals surface area contributed by atoms with Gasteiger partial charge in [0, 0.05) is 32.7 Å². The predicted molar refractivity (Wildman–Crippen MR) is 77.8 cm³/mol. The van der Waals surface area contributed by atoms with Crippen molar-refractivity contribution in [3.05, 3.63) is 35.4 Å². The van der Waals surface area contributed by atoms with Gasteiger partial charge in [0.1, 0.15) is 0 Å². The van der Waals surface area contributed by atoms with E-state index in [4.69, 9.17) is 10.8 Å². The summed E-state index contributed by atoms with van der Waals surface area (Å²) in [7, 11) is 0. The second kappa shape index (κ2) is 7.60. The van der Waals surface area contributed by atoms with Crippen molar-refractivity contribution in [1.29, 1.82) is 0 Å². The van der Waals surface area contributed by atoms with Crippen LogP contribution in [0.2, 0.25) is 0 Å². The Morgan fingerprint density at radius 3 is 2.58 bits per heavy atom. The van der Waals surface area contributed by atoms with Gasteiger partial charge in [-0.05, 0) is 30.6 Å². The van der Waals surface area contributed by atoms with Crippen LogP contribution in [0.3, 0.4) is 0 Å². The van der Waals surface area contributed by atoms with Gasteiger partial charge in [-0.15, -0.1) is 0 Å². The van der Waals surface area contributed by atoms with E-state index < -0.39 is 0 Å². The lowest BCUT2D eigenvalue weighted by Crippen LogP contribution is -2.32. The number of nitrogens with two attached hydrogens (primary N) is 1. The van der Waals surface area contributed by atoms with E-state index in [2.05, 4.69) is 34.1 Å². The molecule has 0 saturated carbocycles. The van der Waals surface area contributed by atoms with Crippen LogP contribution in [0.5, 0.6) is 0 Å². The molecule has 4 heteroatoms. The third-order valence-electron chi connectivity index (χ3n) is 3.73. The summed E-state index contributed by atoms with van der Waals surface area (Å²) in [6.45, 7) is 7.03. The highest BCUT2D eigenvalue weighted by Gasteiger charge is 2.14. The Morgan fingerprint density at radius 2 is 1.79 bits per heavy atom. The summed E-state index contributed by atoms with van der Waals surface area (Å²) in [6, 6.07) is 8.55. The molecule has 0 aliphatic carbocycles. The van der Waals surface area contributed by atoms with Gasteiger partial charge in [-0.25, -0.2) is 0 Å². The minimum absolute atomic E-state index is 0.262. The van der Waals surface area contributed by atoms with Gasteiger partial charge in [-0.3, -0.25) is 9.80 Å². The quantitative estimate of drug-likeness (QED) is 0.819. The Hall–Kier alpha value is -0.940. The maximum atomic E-state index is 9.00. The normalized spacial score (nSPS) is 18.4. The van der Waals surface area contributed by atoms with Gasteiger partial charge in [-0.1, -0.05) is 24.3 Å². The first-order chi connectivity index (χ1) is 9.31. The predicted octanol–water partition coefficient (Wildman–Crippen LogP) is 0.645. The molecule has 0 amide bonds. The van der Waals surface area contributed by atoms with E-state index in [1.54, 1.807) is 0 Å². The van der Waals surface area contributed by atoms with Crippen LogP contribution in [-0.4, -0.2) is 54.2 Å². The largest absolute Gasteiger partial charge is 0.395 e. The molecule has 1 aromatic carbocycles. The highest BCUT2D eigenvalue weighted by atomic mass is 16.3. The lowest BCUT2D eigenvalue weighted by molar-refractivity contribution is 0.196. The Labute approximate surface area is 115 Å². The zero-order valence-corrected chi connectivity index (χ0v) is 11.6. The van der Waals surface area contributed by atoms with Crippen LogP contribution in [-0.2, 0) is 13.1 Å². The number of aliphatic hydroxyl groups excluding tert-OH is 1. The van der Waals surface area contributed by atoms with Gasteiger partial charge >= 0.3 is 0 Å². The molecule has 2 rings (SSSR count). The van der Waals surface area contributed by atoms with Crippen molar-refractivity contribution in [2.75, 3.05) is 39.3 Å². The van der Waals surface area contributed by atoms with Gasteiger partial charge < -0.3 is 10.8 Å². The van der Waals surface area contributed by atoms with Crippen LogP contribution in [0.15, 0.2) is 24.3 Å². The molecule has 1 aromatic rings. The summed E-state index contributed by atoms with van der Waals surface area (Å²) in [5.74, 6) is 0. The molecule has 0 radical (unpaired) electrons. The van der Waals surface area contributed by atoms with E-state index in [9.17, 15) is 0 Å². The fourth-order valence-corrected chi connectivity index (χ4v) is 2.66. The maximum Gasteiger partial charge on any atom is 0.0558 e. The zero-order chi connectivity index (χ0) is 13.5. The van der Waals surface area contributed by atoms with Gasteiger partial charge in [0.25, 0.3) is 0 Å². The van der Waals surface area contributed by atoms with Crippen molar-refractivity contribution in [2.45, 2.75) is 19.5 Å². The van der Waals surface area contributed by atoms with E-state index in [1.165, 1.54) is 17.5 Å². The smallest absolute Gasteiger partial charge is 0.0558 e. The van der Waals surface area contributed by atoms with Crippen molar-refractivity contribution in [2.24, 2.45) is 5.73 Å². The minimum Gasteiger partial charge on any atom is -0.395 e. The molecule has 1 aliphatic heterocycles. The van der Waals surface area contributed by atoms with E-state index >= 15 is 0 Å². The molecule has 0 bridgehead atoms. The van der Waals surface area contributed by atoms with E-state index in [0.717, 1.165) is 39.3 Å². The molecular formula is C15H25N3O. The van der Waals surface area contributed by atoms with Crippen molar-refractivity contribution in [3.8, 4) is 0 Å². The third kappa shape index (κ3) is 4.58. The molecular weight excluding hydrogens is 238 g/mol. The van der Waals surface area contributed by atoms with Crippen molar-refractivity contribution >= 4 is 0 Å². The van der Waals surface area contributed by atoms with E-state index in [0.29, 0.717) is 6.54 Å². The number of hydrogen-bond acceptors (Lipinski definition) is 4. The highest BCUT2D eigenvalue weighted by molar-refractivity contribution is 5.23. The Kier molecular flexibility index (Phi) is 5.79. The Balaban J connectivity index is 1.88. The molecule has 106 valence electrons. The summed E-state index contributed by atoms with van der Waals surface area (Å²) >= 11 is 0. The molecule has 1 heterocycles. The van der Waals surface area contributed by atoms with Gasteiger partial charge in [0.15, 0.2) is 0 Å². The molecule has 19 heavy (non-hydrogen) atoms. The van der Waals surface area contributed by atoms with Crippen molar-refractivity contribution in [3.63, 3.8) is 0 Å². The lowest BCUT2D eigenvalue weighted by Gasteiger charge is -2.21. The standard InChI is InChI=1S/C15H25N3O/c16-12-14-3-1-4-15(11-14)13-18-6-2-5-17(7-8-18)9-10-19/h1,3-4,11,19H,2,5-10,12-13,16H2. The summed E-state index contributed by atoms with van der Waals surface area (Å²) < 4.78 is 0. The molecule has 3 N–H and O–H groups in total. The van der Waals surface area contributed by atoms with Gasteiger partial charge in [0.2, 0.25) is 0 Å². The monoisotopic (exact) mass is 263 g/mol. The SMILES string of the molecule is NCc1cccc(CN2CCCN(CCO)CC2)c1. The lowest BCUT2D eigenvalue weighted by atomic mass is 10.1. The average Bonchev–Trinajstić information content (AvgIpc) is 2.65. The van der Waals surface area contributed by atoms with Crippen LogP contribution in [0.4, 0.5) is 0 Å². The van der Waals surface area contributed by atoms with Gasteiger partial charge in [-0.2, -0.15) is 0 Å². The second-order valence-corrected chi connectivity index (χ2v) is 5.22. The number of hydrogen-bond donors (Lipinski definition) is 2. The van der Waals surface area contributed by atoms with E-state index in [-0.39, 0.29) is 6.61 Å². The van der Waals surface area contributed by atoms with Crippen molar-refractivity contribution in [1.82, 2.24) is 9.80 Å². The molecule has 0 spiro atoms. The third-order valence-corrected chi connectivity index (χ3v) is 3.73. The fraction of sp³-hybridized carbons (Fsp3) is 0.600. The molecule has 0 atom stereocenters. The van der Waals surface area contributed by atoms with Crippen molar-refractivity contribution < 1.29 is 5.11 Å². The van der Waals surface area contributed by atoms with Crippen LogP contribution in [0.25, 0.3) is 0 Å². The number of aliphatic hydroxyl groups is 1. The summed E-state index contributed by atoms with van der Waals surface area (Å²) in [5, 5.41) is 9.00. The topological polar surface area (TPSA) is 52.7 Å². The molecule has 0 unspecified atom stereocenters. The first kappa shape index (κ1) is 14.5. The number of benzene rings is 1. The fourth-order valence-electron chi connectivity index (χ4n) is 2.66. The average molecular weight is 263 g/mol. The first-order valence-electron chi connectivity index (χ1n) is 7.15. The van der Waals surface area contributed by atoms with E-state index in [1.807, 2.05) is 0 Å². The zero-order valence-electron chi connectivity index (χ0n) is 11.6. The summed E-state index contributed by atoms with van der Waals surface area (Å²) in [5.41, 5.74) is 8.23. The summed E-state index contributed by atoms with van der Waals surface area (Å²) in [4.78, 5) is 4.84. The Bertz CT molecular complexity index is 383. The van der Waals surface area contributed by atoms with Crippen LogP contribution < -0.4 is 5.73 Å². The first-order valence-corrected chi connectivity index (χ1v) is 7.15. The maximum absolute atomic E-state index is 9.00. The number of rotatable bonds is 5. The van der Waals surface area contributed by atoms with Crippen LogP contribution in [0, 0.1) is 0 Å². The molecule has 1 saturated heterocycles. The molecule has 0 aromatic heterocycles. The summed E-state index contributed by atoms with van der Waals surface area (Å²) in [6.07, 6.45) is 1.18. The van der Waals surface area contributed by atoms with Gasteiger partial charge in [0.05, 0.1) is 6.61 Å². The molecule has 4 nitrogen and oxygen atoms in total. The number of β-amino-alcohol motifs (C(OH)–C–C–N with tert-alkyl or cyclic N) is 1. The molecule has 1 fully saturated rings. The minimum atomic E-state index is 0.262. The van der Waals surface area contributed by atoms with Crippen LogP contribution in [0.1, 0.15) is 17.5 Å².